The van der Waals surface area contributed by atoms with Crippen molar-refractivity contribution in [3.05, 3.63) is 113 Å². The minimum absolute atomic E-state index is 0.311. The number of carbonyl (C=O) groups excluding carboxylic acids is 1. The summed E-state index contributed by atoms with van der Waals surface area (Å²) in [5.41, 5.74) is 4.85. The Morgan fingerprint density at radius 1 is 0.861 bits per heavy atom. The van der Waals surface area contributed by atoms with Crippen LogP contribution in [0.1, 0.15) is 27.0 Å². The van der Waals surface area contributed by atoms with Crippen molar-refractivity contribution >= 4 is 39.0 Å². The first-order valence-electron chi connectivity index (χ1n) is 11.1. The van der Waals surface area contributed by atoms with E-state index in [9.17, 15) is 4.79 Å². The van der Waals surface area contributed by atoms with Crippen LogP contribution in [0.3, 0.4) is 0 Å². The molecule has 184 valence electrons. The van der Waals surface area contributed by atoms with Gasteiger partial charge >= 0.3 is 167 Å². The molecule has 0 saturated heterocycles. The number of hydrogen-bond donors (Lipinski definition) is 0. The SMILES string of the molecule is COC(=O)c1cc[c-]cc1.COc1ccc2c(c1)C=C[C](=[Ni])/C2=C\c1[c-]ccc2cc(OC)ccc12. The predicted molar refractivity (Wildman–Crippen MR) is 141 cm³/mol. The van der Waals surface area contributed by atoms with Crippen molar-refractivity contribution in [2.45, 2.75) is 0 Å². The molecule has 0 unspecified atom stereocenters. The molecular formula is C31H24NiO4-2. The summed E-state index contributed by atoms with van der Waals surface area (Å²) in [6.07, 6.45) is 6.16. The molecule has 4 nitrogen and oxygen atoms in total. The van der Waals surface area contributed by atoms with Crippen LogP contribution in [0.2, 0.25) is 0 Å². The molecule has 1 aliphatic carbocycles. The van der Waals surface area contributed by atoms with Gasteiger partial charge in [-0.2, -0.15) is 30.3 Å². The van der Waals surface area contributed by atoms with Crippen molar-refractivity contribution in [1.29, 1.82) is 0 Å². The number of allylic oxidation sites excluding steroid dienone is 2. The third kappa shape index (κ3) is 5.64. The zero-order valence-corrected chi connectivity index (χ0v) is 21.1. The van der Waals surface area contributed by atoms with E-state index < -0.39 is 0 Å². The van der Waals surface area contributed by atoms with Crippen molar-refractivity contribution in [3.8, 4) is 11.5 Å². The van der Waals surface area contributed by atoms with Crippen molar-refractivity contribution in [2.24, 2.45) is 0 Å². The van der Waals surface area contributed by atoms with E-state index in [-0.39, 0.29) is 5.97 Å². The van der Waals surface area contributed by atoms with E-state index in [1.807, 2.05) is 48.6 Å². The van der Waals surface area contributed by atoms with Gasteiger partial charge in [-0.3, -0.25) is 0 Å². The molecule has 0 amide bonds. The van der Waals surface area contributed by atoms with E-state index in [0.29, 0.717) is 5.56 Å². The van der Waals surface area contributed by atoms with Crippen LogP contribution in [0, 0.1) is 12.1 Å². The van der Waals surface area contributed by atoms with Crippen LogP contribution in [0.25, 0.3) is 28.5 Å². The summed E-state index contributed by atoms with van der Waals surface area (Å²) < 4.78 is 16.0. The Labute approximate surface area is 218 Å². The fourth-order valence-corrected chi connectivity index (χ4v) is 4.10. The monoisotopic (exact) mass is 518 g/mol. The Kier molecular flexibility index (Phi) is 8.15. The molecule has 4 aromatic rings. The number of methoxy groups -OCH3 is 3. The second-order valence-corrected chi connectivity index (χ2v) is 8.32. The van der Waals surface area contributed by atoms with Crippen molar-refractivity contribution in [2.75, 3.05) is 21.3 Å². The van der Waals surface area contributed by atoms with Crippen LogP contribution in [0.15, 0.2) is 78.9 Å². The van der Waals surface area contributed by atoms with Gasteiger partial charge < -0.3 is 4.74 Å². The molecule has 5 rings (SSSR count). The number of rotatable bonds is 4. The number of ether oxygens (including phenoxy) is 3. The van der Waals surface area contributed by atoms with Crippen molar-refractivity contribution < 1.29 is 34.0 Å². The molecule has 1 aliphatic rings. The molecule has 0 spiro atoms. The average Bonchev–Trinajstić information content (AvgIpc) is 2.94. The normalized spacial score (nSPS) is 13.0. The number of esters is 1. The summed E-state index contributed by atoms with van der Waals surface area (Å²) in [5, 5.41) is 2.24. The molecule has 0 heterocycles. The van der Waals surface area contributed by atoms with Crippen LogP contribution in [-0.4, -0.2) is 31.8 Å². The number of fused-ring (bicyclic) bond motifs is 2. The first-order chi connectivity index (χ1) is 17.5. The first kappa shape index (κ1) is 25.2. The van der Waals surface area contributed by atoms with Gasteiger partial charge in [0.05, 0.1) is 7.11 Å². The van der Waals surface area contributed by atoms with E-state index in [1.165, 1.54) is 7.11 Å². The number of benzene rings is 4. The summed E-state index contributed by atoms with van der Waals surface area (Å²) in [6.45, 7) is 0. The van der Waals surface area contributed by atoms with Crippen LogP contribution in [0.4, 0.5) is 0 Å². The van der Waals surface area contributed by atoms with E-state index in [1.54, 1.807) is 38.5 Å². The third-order valence-corrected chi connectivity index (χ3v) is 6.10. The van der Waals surface area contributed by atoms with Crippen molar-refractivity contribution in [3.63, 3.8) is 0 Å². The molecule has 0 aliphatic heterocycles. The Hall–Kier alpha value is -3.95. The summed E-state index contributed by atoms with van der Waals surface area (Å²) in [5.74, 6) is 1.38. The third-order valence-electron chi connectivity index (χ3n) is 5.67. The molecular weight excluding hydrogens is 495 g/mol. The average molecular weight is 519 g/mol. The molecule has 0 radical (unpaired) electrons. The van der Waals surface area contributed by atoms with Gasteiger partial charge in [0.25, 0.3) is 0 Å². The molecule has 4 aromatic carbocycles. The minimum atomic E-state index is -0.311. The second kappa shape index (κ2) is 11.7. The van der Waals surface area contributed by atoms with Crippen LogP contribution in [-0.2, 0) is 19.8 Å². The summed E-state index contributed by atoms with van der Waals surface area (Å²) in [6, 6.07) is 28.9. The first-order valence-corrected chi connectivity index (χ1v) is 11.6. The van der Waals surface area contributed by atoms with E-state index in [4.69, 9.17) is 24.5 Å². The maximum atomic E-state index is 10.8. The predicted octanol–water partition coefficient (Wildman–Crippen LogP) is 6.22. The Morgan fingerprint density at radius 3 is 2.31 bits per heavy atom. The quantitative estimate of drug-likeness (QED) is 0.183. The molecule has 0 atom stereocenters. The number of hydrogen-bond acceptors (Lipinski definition) is 4. The van der Waals surface area contributed by atoms with E-state index in [0.717, 1.165) is 49.0 Å². The van der Waals surface area contributed by atoms with Gasteiger partial charge in [0.15, 0.2) is 0 Å². The van der Waals surface area contributed by atoms with Gasteiger partial charge in [-0.25, -0.2) is 4.79 Å². The molecule has 0 aromatic heterocycles. The van der Waals surface area contributed by atoms with E-state index in [2.05, 4.69) is 35.1 Å². The second-order valence-electron chi connectivity index (χ2n) is 7.78. The standard InChI is InChI=1S/C23H17O2.C8H7O2.Ni/c1-24-20-9-11-22-16(5-3-7-18(22)14-20)13-17-6-4-8-19-15-21(25-2)10-12-23(17)19;1-10-8(9)7-5-3-2-4-6-7;/h3-4,7-15H,1-2H3;3-6H,1H3;/q2*-1;/b16-13+;;. The zero-order chi connectivity index (χ0) is 25.5. The summed E-state index contributed by atoms with van der Waals surface area (Å²) >= 11 is 5.26. The van der Waals surface area contributed by atoms with Gasteiger partial charge in [0.1, 0.15) is 0 Å². The van der Waals surface area contributed by atoms with Gasteiger partial charge in [-0.15, -0.1) is 0 Å². The molecule has 36 heavy (non-hydrogen) atoms. The fourth-order valence-electron chi connectivity index (χ4n) is 3.82. The van der Waals surface area contributed by atoms with Gasteiger partial charge in [-0.05, 0) is 5.56 Å². The van der Waals surface area contributed by atoms with E-state index >= 15 is 0 Å². The summed E-state index contributed by atoms with van der Waals surface area (Å²) in [4.78, 5) is 10.8. The number of carbonyl (C=O) groups is 1. The summed E-state index contributed by atoms with van der Waals surface area (Å²) in [7, 11) is 4.72. The van der Waals surface area contributed by atoms with Gasteiger partial charge in [0.2, 0.25) is 0 Å². The topological polar surface area (TPSA) is 44.8 Å². The Balaban J connectivity index is 0.000000256. The molecule has 0 bridgehead atoms. The molecule has 0 saturated carbocycles. The fraction of sp³-hybridized carbons (Fsp3) is 0.0968. The van der Waals surface area contributed by atoms with Crippen molar-refractivity contribution in [1.82, 2.24) is 0 Å². The Morgan fingerprint density at radius 2 is 1.58 bits per heavy atom. The Bertz CT molecular complexity index is 1470. The zero-order valence-electron chi connectivity index (χ0n) is 20.1. The molecule has 0 fully saturated rings. The molecule has 0 N–H and O–H groups in total. The van der Waals surface area contributed by atoms with Crippen LogP contribution >= 0.6 is 0 Å². The molecule has 5 heteroatoms. The maximum absolute atomic E-state index is 10.8. The van der Waals surface area contributed by atoms with Gasteiger partial charge in [-0.1, -0.05) is 0 Å². The van der Waals surface area contributed by atoms with Crippen LogP contribution < -0.4 is 9.47 Å². The van der Waals surface area contributed by atoms with Crippen LogP contribution in [0.5, 0.6) is 11.5 Å². The van der Waals surface area contributed by atoms with Gasteiger partial charge in [0, 0.05) is 0 Å².